The third-order valence-corrected chi connectivity index (χ3v) is 4.04. The molecular weight excluding hydrogens is 236 g/mol. The number of hydrogen-bond donors (Lipinski definition) is 2. The molecule has 3 nitrogen and oxygen atoms in total. The Morgan fingerprint density at radius 2 is 1.95 bits per heavy atom. The number of rotatable bonds is 8. The summed E-state index contributed by atoms with van der Waals surface area (Å²) in [6.45, 7) is 4.55. The van der Waals surface area contributed by atoms with Gasteiger partial charge in [-0.15, -0.1) is 0 Å². The number of nitrogens with two attached hydrogens (primary N) is 1. The Balaban J connectivity index is 1.98. The molecule has 0 heterocycles. The first kappa shape index (κ1) is 14.5. The van der Waals surface area contributed by atoms with Crippen LogP contribution in [-0.4, -0.2) is 35.7 Å². The predicted octanol–water partition coefficient (Wildman–Crippen LogP) is 2.10. The zero-order valence-electron chi connectivity index (χ0n) is 11.9. The van der Waals surface area contributed by atoms with E-state index in [9.17, 15) is 5.11 Å². The number of benzene rings is 1. The molecule has 2 rings (SSSR count). The fraction of sp³-hybridized carbons (Fsp3) is 0.625. The van der Waals surface area contributed by atoms with Gasteiger partial charge in [0.15, 0.2) is 0 Å². The fourth-order valence-corrected chi connectivity index (χ4v) is 2.65. The lowest BCUT2D eigenvalue weighted by Crippen LogP contribution is -2.39. The molecule has 0 bridgehead atoms. The molecule has 3 heteroatoms. The first-order valence-corrected chi connectivity index (χ1v) is 7.41. The Hall–Kier alpha value is -0.900. The maximum atomic E-state index is 10.8. The molecular formula is C16H26N2O. The van der Waals surface area contributed by atoms with Crippen molar-refractivity contribution in [2.45, 2.75) is 44.2 Å². The van der Waals surface area contributed by atoms with Crippen LogP contribution in [0, 0.1) is 0 Å². The van der Waals surface area contributed by atoms with Crippen LogP contribution in [-0.2, 0) is 5.60 Å². The predicted molar refractivity (Wildman–Crippen MR) is 78.9 cm³/mol. The lowest BCUT2D eigenvalue weighted by Gasteiger charge is -2.31. The molecule has 0 aliphatic heterocycles. The standard InChI is InChI=1S/C16H26N2O/c1-2-11-18(15-8-9-15)12-10-16(19,13-17)14-6-4-3-5-7-14/h3-7,15,19H,2,8-13,17H2,1H3. The smallest absolute Gasteiger partial charge is 0.103 e. The Morgan fingerprint density at radius 1 is 1.26 bits per heavy atom. The van der Waals surface area contributed by atoms with Gasteiger partial charge in [0, 0.05) is 19.1 Å². The number of aliphatic hydroxyl groups is 1. The molecule has 1 unspecified atom stereocenters. The van der Waals surface area contributed by atoms with Gasteiger partial charge in [-0.3, -0.25) is 0 Å². The topological polar surface area (TPSA) is 49.5 Å². The number of nitrogens with zero attached hydrogens (tertiary/aromatic N) is 1. The van der Waals surface area contributed by atoms with Gasteiger partial charge < -0.3 is 15.7 Å². The summed E-state index contributed by atoms with van der Waals surface area (Å²) in [6.07, 6.45) is 4.51. The van der Waals surface area contributed by atoms with E-state index in [0.29, 0.717) is 6.42 Å². The largest absolute Gasteiger partial charge is 0.384 e. The van der Waals surface area contributed by atoms with E-state index in [1.165, 1.54) is 19.3 Å². The van der Waals surface area contributed by atoms with E-state index in [1.807, 2.05) is 30.3 Å². The summed E-state index contributed by atoms with van der Waals surface area (Å²) >= 11 is 0. The fourth-order valence-electron chi connectivity index (χ4n) is 2.65. The second-order valence-corrected chi connectivity index (χ2v) is 5.62. The van der Waals surface area contributed by atoms with Gasteiger partial charge in [0.2, 0.25) is 0 Å². The molecule has 1 saturated carbocycles. The summed E-state index contributed by atoms with van der Waals surface area (Å²) < 4.78 is 0. The van der Waals surface area contributed by atoms with Gasteiger partial charge in [-0.05, 0) is 37.8 Å². The van der Waals surface area contributed by atoms with Gasteiger partial charge in [-0.25, -0.2) is 0 Å². The van der Waals surface area contributed by atoms with Crippen molar-refractivity contribution in [3.05, 3.63) is 35.9 Å². The number of hydrogen-bond acceptors (Lipinski definition) is 3. The zero-order valence-corrected chi connectivity index (χ0v) is 11.9. The highest BCUT2D eigenvalue weighted by molar-refractivity contribution is 5.22. The highest BCUT2D eigenvalue weighted by Gasteiger charge is 2.32. The Labute approximate surface area is 116 Å². The maximum absolute atomic E-state index is 10.8. The third-order valence-electron chi connectivity index (χ3n) is 4.04. The molecule has 3 N–H and O–H groups in total. The van der Waals surface area contributed by atoms with Crippen molar-refractivity contribution in [3.63, 3.8) is 0 Å². The Kier molecular flexibility index (Phi) is 4.97. The first-order valence-electron chi connectivity index (χ1n) is 7.41. The molecule has 1 aromatic rings. The van der Waals surface area contributed by atoms with Gasteiger partial charge in [0.25, 0.3) is 0 Å². The van der Waals surface area contributed by atoms with Gasteiger partial charge in [-0.2, -0.15) is 0 Å². The van der Waals surface area contributed by atoms with Crippen LogP contribution in [0.2, 0.25) is 0 Å². The van der Waals surface area contributed by atoms with Gasteiger partial charge in [-0.1, -0.05) is 37.3 Å². The van der Waals surface area contributed by atoms with Crippen molar-refractivity contribution in [2.75, 3.05) is 19.6 Å². The molecule has 1 atom stereocenters. The Morgan fingerprint density at radius 3 is 2.47 bits per heavy atom. The monoisotopic (exact) mass is 262 g/mol. The van der Waals surface area contributed by atoms with Crippen molar-refractivity contribution in [2.24, 2.45) is 5.73 Å². The molecule has 1 aliphatic rings. The van der Waals surface area contributed by atoms with Crippen molar-refractivity contribution < 1.29 is 5.11 Å². The maximum Gasteiger partial charge on any atom is 0.103 e. The van der Waals surface area contributed by atoms with Gasteiger partial charge in [0.1, 0.15) is 5.60 Å². The van der Waals surface area contributed by atoms with Crippen molar-refractivity contribution in [3.8, 4) is 0 Å². The lowest BCUT2D eigenvalue weighted by atomic mass is 9.90. The molecule has 0 spiro atoms. The molecule has 19 heavy (non-hydrogen) atoms. The van der Waals surface area contributed by atoms with Crippen molar-refractivity contribution >= 4 is 0 Å². The van der Waals surface area contributed by atoms with Crippen molar-refractivity contribution in [1.29, 1.82) is 0 Å². The van der Waals surface area contributed by atoms with Crippen molar-refractivity contribution in [1.82, 2.24) is 4.90 Å². The molecule has 0 aromatic heterocycles. The highest BCUT2D eigenvalue weighted by Crippen LogP contribution is 2.30. The molecule has 0 radical (unpaired) electrons. The van der Waals surface area contributed by atoms with E-state index < -0.39 is 5.60 Å². The van der Waals surface area contributed by atoms with E-state index >= 15 is 0 Å². The summed E-state index contributed by atoms with van der Waals surface area (Å²) in [7, 11) is 0. The van der Waals surface area contributed by atoms with Crippen LogP contribution in [0.15, 0.2) is 30.3 Å². The van der Waals surface area contributed by atoms with Crippen LogP contribution >= 0.6 is 0 Å². The van der Waals surface area contributed by atoms with Crippen LogP contribution in [0.1, 0.15) is 38.2 Å². The molecule has 1 aromatic carbocycles. The normalized spacial score (nSPS) is 18.5. The van der Waals surface area contributed by atoms with Crippen LogP contribution in [0.3, 0.4) is 0 Å². The molecule has 106 valence electrons. The van der Waals surface area contributed by atoms with E-state index in [1.54, 1.807) is 0 Å². The third kappa shape index (κ3) is 3.78. The lowest BCUT2D eigenvalue weighted by molar-refractivity contribution is 0.0248. The minimum Gasteiger partial charge on any atom is -0.384 e. The summed E-state index contributed by atoms with van der Waals surface area (Å²) in [6, 6.07) is 10.6. The van der Waals surface area contributed by atoms with Crippen LogP contribution in [0.4, 0.5) is 0 Å². The molecule has 1 aliphatic carbocycles. The van der Waals surface area contributed by atoms with E-state index in [-0.39, 0.29) is 6.54 Å². The highest BCUT2D eigenvalue weighted by atomic mass is 16.3. The first-order chi connectivity index (χ1) is 9.19. The Bertz CT molecular complexity index is 378. The van der Waals surface area contributed by atoms with Crippen LogP contribution in [0.5, 0.6) is 0 Å². The second-order valence-electron chi connectivity index (χ2n) is 5.62. The van der Waals surface area contributed by atoms with Gasteiger partial charge in [0.05, 0.1) is 0 Å². The summed E-state index contributed by atoms with van der Waals surface area (Å²) in [4.78, 5) is 2.50. The van der Waals surface area contributed by atoms with E-state index in [4.69, 9.17) is 5.73 Å². The minimum absolute atomic E-state index is 0.279. The SMILES string of the molecule is CCCN(CCC(O)(CN)c1ccccc1)C1CC1. The second kappa shape index (κ2) is 6.51. The molecule has 1 fully saturated rings. The zero-order chi connectivity index (χ0) is 13.7. The average molecular weight is 262 g/mol. The van der Waals surface area contributed by atoms with E-state index in [0.717, 1.165) is 24.7 Å². The minimum atomic E-state index is -0.887. The quantitative estimate of drug-likeness (QED) is 0.754. The summed E-state index contributed by atoms with van der Waals surface area (Å²) in [5.41, 5.74) is 5.87. The van der Waals surface area contributed by atoms with Gasteiger partial charge >= 0.3 is 0 Å². The summed E-state index contributed by atoms with van der Waals surface area (Å²) in [5.74, 6) is 0. The molecule has 0 saturated heterocycles. The van der Waals surface area contributed by atoms with E-state index in [2.05, 4.69) is 11.8 Å². The summed E-state index contributed by atoms with van der Waals surface area (Å²) in [5, 5.41) is 10.8. The van der Waals surface area contributed by atoms with Crippen LogP contribution < -0.4 is 5.73 Å². The van der Waals surface area contributed by atoms with Crippen LogP contribution in [0.25, 0.3) is 0 Å². The average Bonchev–Trinajstić information content (AvgIpc) is 3.28. The molecule has 0 amide bonds.